The normalized spacial score (nSPS) is 12.9. The van der Waals surface area contributed by atoms with E-state index in [4.69, 9.17) is 9.47 Å². The number of hydrogen-bond acceptors (Lipinski definition) is 4. The second-order valence-electron chi connectivity index (χ2n) is 6.09. The minimum Gasteiger partial charge on any atom is -0.496 e. The topological polar surface area (TPSA) is 52.6 Å². The van der Waals surface area contributed by atoms with Crippen molar-refractivity contribution in [2.75, 3.05) is 14.2 Å². The lowest BCUT2D eigenvalue weighted by atomic mass is 10.0. The van der Waals surface area contributed by atoms with Crippen molar-refractivity contribution in [3.8, 4) is 11.5 Å². The van der Waals surface area contributed by atoms with Gasteiger partial charge in [0.05, 0.1) is 14.2 Å². The van der Waals surface area contributed by atoms with E-state index >= 15 is 0 Å². The summed E-state index contributed by atoms with van der Waals surface area (Å²) in [6.45, 7) is 6.29. The fourth-order valence-electron chi connectivity index (χ4n) is 2.65. The number of rotatable bonds is 10. The van der Waals surface area contributed by atoms with E-state index < -0.39 is 7.80 Å². The smallest absolute Gasteiger partial charge is 0.423 e. The quantitative estimate of drug-likeness (QED) is 0.544. The predicted molar refractivity (Wildman–Crippen MR) is 94.3 cm³/mol. The Morgan fingerprint density at radius 3 is 2.17 bits per heavy atom. The van der Waals surface area contributed by atoms with Gasteiger partial charge in [-0.05, 0) is 37.3 Å². The zero-order valence-corrected chi connectivity index (χ0v) is 15.7. The van der Waals surface area contributed by atoms with E-state index in [0.717, 1.165) is 25.7 Å². The molecule has 0 spiro atoms. The first-order valence-electron chi connectivity index (χ1n) is 8.17. The Balaban J connectivity index is 3.12. The molecule has 5 heteroatoms. The summed E-state index contributed by atoms with van der Waals surface area (Å²) in [5.74, 6) is 1.23. The first kappa shape index (κ1) is 19.6. The van der Waals surface area contributed by atoms with Crippen LogP contribution in [-0.4, -0.2) is 25.4 Å². The van der Waals surface area contributed by atoms with Crippen LogP contribution in [0.25, 0.3) is 0 Å². The molecule has 2 atom stereocenters. The zero-order valence-electron chi connectivity index (χ0n) is 14.8. The van der Waals surface area contributed by atoms with E-state index in [1.54, 1.807) is 18.2 Å². The molecule has 1 aromatic carbocycles. The van der Waals surface area contributed by atoms with Gasteiger partial charge in [0.15, 0.2) is 11.2 Å². The summed E-state index contributed by atoms with van der Waals surface area (Å²) in [6, 6.07) is 5.15. The minimum absolute atomic E-state index is 0.0907. The fraction of sp³-hybridized carbons (Fsp3) is 0.611. The summed E-state index contributed by atoms with van der Waals surface area (Å²) in [6.07, 6.45) is 3.62. The van der Waals surface area contributed by atoms with E-state index in [1.807, 2.05) is 0 Å². The third-order valence-electron chi connectivity index (χ3n) is 3.81. The van der Waals surface area contributed by atoms with Crippen LogP contribution in [0, 0.1) is 5.92 Å². The highest BCUT2D eigenvalue weighted by molar-refractivity contribution is 7.65. The van der Waals surface area contributed by atoms with Crippen LogP contribution in [0.2, 0.25) is 0 Å². The lowest BCUT2D eigenvalue weighted by molar-refractivity contribution is 0.107. The molecule has 0 radical (unpaired) electrons. The van der Waals surface area contributed by atoms with E-state index in [2.05, 4.69) is 20.8 Å². The number of carbonyl (C=O) groups is 1. The maximum Gasteiger partial charge on any atom is 0.423 e. The van der Waals surface area contributed by atoms with Crippen LogP contribution in [0.1, 0.15) is 56.8 Å². The second kappa shape index (κ2) is 9.67. The molecular weight excluding hydrogens is 311 g/mol. The average molecular weight is 339 g/mol. The lowest BCUT2D eigenvalue weighted by Gasteiger charge is -2.11. The SMILES string of the molecule is CCCCC(CC(C)C)[P+](=O)C(=O)c1c(OC)cccc1OC. The Hall–Kier alpha value is -1.41. The van der Waals surface area contributed by atoms with E-state index in [9.17, 15) is 9.36 Å². The monoisotopic (exact) mass is 339 g/mol. The Labute approximate surface area is 140 Å². The van der Waals surface area contributed by atoms with Crippen molar-refractivity contribution in [3.05, 3.63) is 23.8 Å². The molecule has 0 saturated carbocycles. The molecule has 2 unspecified atom stereocenters. The van der Waals surface area contributed by atoms with Crippen molar-refractivity contribution in [1.29, 1.82) is 0 Å². The van der Waals surface area contributed by atoms with Crippen molar-refractivity contribution in [2.24, 2.45) is 5.92 Å². The van der Waals surface area contributed by atoms with Gasteiger partial charge in [-0.2, -0.15) is 0 Å². The molecule has 0 aliphatic rings. The molecule has 0 aliphatic heterocycles. The van der Waals surface area contributed by atoms with Crippen LogP contribution < -0.4 is 9.47 Å². The standard InChI is InChI=1S/C18H28O4P/c1-6-7-9-14(12-13(2)3)23(20)18(19)17-15(21-4)10-8-11-16(17)22-5/h8,10-11,13-14H,6-7,9,12H2,1-5H3/q+1. The molecule has 1 rings (SSSR count). The first-order valence-corrected chi connectivity index (χ1v) is 9.50. The molecule has 0 aliphatic carbocycles. The van der Waals surface area contributed by atoms with E-state index in [1.165, 1.54) is 14.2 Å². The minimum atomic E-state index is -2.02. The molecule has 0 bridgehead atoms. The van der Waals surface area contributed by atoms with Crippen molar-refractivity contribution in [2.45, 2.75) is 52.1 Å². The maximum absolute atomic E-state index is 12.9. The highest BCUT2D eigenvalue weighted by atomic mass is 31.1. The Morgan fingerprint density at radius 1 is 1.17 bits per heavy atom. The van der Waals surface area contributed by atoms with Crippen LogP contribution in [0.5, 0.6) is 11.5 Å². The Bertz CT molecular complexity index is 518. The number of benzene rings is 1. The molecule has 0 N–H and O–H groups in total. The molecule has 0 amide bonds. The molecule has 4 nitrogen and oxygen atoms in total. The highest BCUT2D eigenvalue weighted by Gasteiger charge is 2.42. The van der Waals surface area contributed by atoms with Crippen LogP contribution in [0.4, 0.5) is 0 Å². The van der Waals surface area contributed by atoms with Gasteiger partial charge in [-0.25, -0.2) is 4.79 Å². The number of unbranched alkanes of at least 4 members (excludes halogenated alkanes) is 1. The molecule has 0 heterocycles. The number of carbonyl (C=O) groups excluding carboxylic acids is 1. The molecular formula is C18H28O4P+. The fourth-order valence-corrected chi connectivity index (χ4v) is 4.46. The van der Waals surface area contributed by atoms with E-state index in [-0.39, 0.29) is 11.2 Å². The third-order valence-corrected chi connectivity index (χ3v) is 5.56. The third kappa shape index (κ3) is 5.31. The summed E-state index contributed by atoms with van der Waals surface area (Å²) < 4.78 is 23.5. The zero-order chi connectivity index (χ0) is 17.4. The Morgan fingerprint density at radius 2 is 1.74 bits per heavy atom. The molecule has 23 heavy (non-hydrogen) atoms. The first-order chi connectivity index (χ1) is 11.0. The molecule has 128 valence electrons. The lowest BCUT2D eigenvalue weighted by Crippen LogP contribution is -2.12. The maximum atomic E-state index is 12.9. The highest BCUT2D eigenvalue weighted by Crippen LogP contribution is 2.43. The largest absolute Gasteiger partial charge is 0.496 e. The van der Waals surface area contributed by atoms with E-state index in [0.29, 0.717) is 23.0 Å². The van der Waals surface area contributed by atoms with Gasteiger partial charge in [0.1, 0.15) is 11.5 Å². The van der Waals surface area contributed by atoms with Gasteiger partial charge in [0, 0.05) is 0 Å². The number of hydrogen-bond donors (Lipinski definition) is 0. The van der Waals surface area contributed by atoms with Crippen LogP contribution >= 0.6 is 7.80 Å². The van der Waals surface area contributed by atoms with Gasteiger partial charge < -0.3 is 9.47 Å². The summed E-state index contributed by atoms with van der Waals surface area (Å²) >= 11 is 0. The summed E-state index contributed by atoms with van der Waals surface area (Å²) in [7, 11) is 0.984. The van der Waals surface area contributed by atoms with Gasteiger partial charge in [-0.3, -0.25) is 0 Å². The van der Waals surface area contributed by atoms with Crippen LogP contribution in [-0.2, 0) is 4.57 Å². The molecule has 0 aromatic heterocycles. The molecule has 0 saturated heterocycles. The van der Waals surface area contributed by atoms with Gasteiger partial charge in [-0.15, -0.1) is 0 Å². The summed E-state index contributed by atoms with van der Waals surface area (Å²) in [5.41, 5.74) is -0.160. The summed E-state index contributed by atoms with van der Waals surface area (Å²) in [4.78, 5) is 12.8. The van der Waals surface area contributed by atoms with Gasteiger partial charge in [-0.1, -0.05) is 37.8 Å². The average Bonchev–Trinajstić information content (AvgIpc) is 2.55. The van der Waals surface area contributed by atoms with Crippen LogP contribution in [0.15, 0.2) is 18.2 Å². The van der Waals surface area contributed by atoms with Crippen molar-refractivity contribution >= 4 is 13.3 Å². The van der Waals surface area contributed by atoms with Crippen molar-refractivity contribution < 1.29 is 18.8 Å². The van der Waals surface area contributed by atoms with Gasteiger partial charge in [0.2, 0.25) is 0 Å². The van der Waals surface area contributed by atoms with Gasteiger partial charge in [0.25, 0.3) is 0 Å². The number of methoxy groups -OCH3 is 2. The van der Waals surface area contributed by atoms with Crippen molar-refractivity contribution in [1.82, 2.24) is 0 Å². The van der Waals surface area contributed by atoms with Crippen LogP contribution in [0.3, 0.4) is 0 Å². The Kier molecular flexibility index (Phi) is 8.25. The molecule has 0 fully saturated rings. The summed E-state index contributed by atoms with van der Waals surface area (Å²) in [5, 5.41) is 0. The van der Waals surface area contributed by atoms with Crippen molar-refractivity contribution in [3.63, 3.8) is 0 Å². The second-order valence-corrected chi connectivity index (χ2v) is 7.88. The number of ether oxygens (including phenoxy) is 2. The molecule has 1 aromatic rings. The van der Waals surface area contributed by atoms with Gasteiger partial charge >= 0.3 is 13.3 Å². The predicted octanol–water partition coefficient (Wildman–Crippen LogP) is 5.28.